The highest BCUT2D eigenvalue weighted by atomic mass is 35.5. The first-order valence-corrected chi connectivity index (χ1v) is 11.0. The summed E-state index contributed by atoms with van der Waals surface area (Å²) in [6.45, 7) is 17.7. The number of H-pyrrole nitrogens is 1. The number of aromatic amines is 1. The summed E-state index contributed by atoms with van der Waals surface area (Å²) in [7, 11) is 0. The van der Waals surface area contributed by atoms with Crippen LogP contribution in [0.1, 0.15) is 52.5 Å². The van der Waals surface area contributed by atoms with Crippen molar-refractivity contribution in [3.8, 4) is 0 Å². The highest BCUT2D eigenvalue weighted by Gasteiger charge is 2.28. The van der Waals surface area contributed by atoms with Crippen LogP contribution in [0.15, 0.2) is 10.9 Å². The molecule has 9 heteroatoms. The lowest BCUT2D eigenvalue weighted by molar-refractivity contribution is 0.0847. The zero-order valence-electron chi connectivity index (χ0n) is 18.3. The molecule has 2 aromatic heterocycles. The number of aromatic nitrogens is 1. The van der Waals surface area contributed by atoms with Crippen LogP contribution in [0.4, 0.5) is 10.0 Å². The lowest BCUT2D eigenvalue weighted by Crippen LogP contribution is -2.39. The Bertz CT molecular complexity index is 1030. The first-order chi connectivity index (χ1) is 14.4. The van der Waals surface area contributed by atoms with Crippen molar-refractivity contribution in [3.05, 3.63) is 55.8 Å². The molecule has 31 heavy (non-hydrogen) atoms. The largest absolute Gasteiger partial charge is 0.381 e. The molecule has 2 aromatic rings. The number of hydrogen-bond acceptors (Lipinski definition) is 5. The van der Waals surface area contributed by atoms with Crippen LogP contribution in [0.3, 0.4) is 0 Å². The first-order valence-electron chi connectivity index (χ1n) is 10.2. The van der Waals surface area contributed by atoms with Crippen molar-refractivity contribution in [2.75, 3.05) is 24.7 Å². The number of nitrogens with zero attached hydrogens (tertiary/aromatic N) is 2. The number of halogens is 1. The second-order valence-corrected chi connectivity index (χ2v) is 8.56. The number of nitrogens with one attached hydrogen (secondary N) is 2. The van der Waals surface area contributed by atoms with E-state index in [9.17, 15) is 9.59 Å². The monoisotopic (exact) mass is 464 g/mol. The van der Waals surface area contributed by atoms with Crippen LogP contribution in [0.5, 0.6) is 0 Å². The van der Waals surface area contributed by atoms with Crippen LogP contribution < -0.4 is 15.8 Å². The van der Waals surface area contributed by atoms with E-state index in [0.717, 1.165) is 54.4 Å². The van der Waals surface area contributed by atoms with Crippen molar-refractivity contribution in [2.24, 2.45) is 0 Å². The van der Waals surface area contributed by atoms with Crippen molar-refractivity contribution in [1.29, 1.82) is 0 Å². The lowest BCUT2D eigenvalue weighted by Gasteiger charge is -2.35. The van der Waals surface area contributed by atoms with Crippen molar-refractivity contribution < 1.29 is 9.53 Å². The molecule has 2 N–H and O–H groups in total. The van der Waals surface area contributed by atoms with Crippen molar-refractivity contribution in [2.45, 2.75) is 53.1 Å². The maximum Gasteiger partial charge on any atom is 0.255 e. The molecule has 0 radical (unpaired) electrons. The molecular formula is C22H29ClN4O3S. The Labute approximate surface area is 193 Å². The molecule has 168 valence electrons. The van der Waals surface area contributed by atoms with Crippen molar-refractivity contribution in [1.82, 2.24) is 10.3 Å². The number of carbonyl (C=O) groups is 1. The fourth-order valence-corrected chi connectivity index (χ4v) is 5.26. The van der Waals surface area contributed by atoms with E-state index in [1.165, 1.54) is 11.3 Å². The van der Waals surface area contributed by atoms with Crippen LogP contribution in [0, 0.1) is 27.3 Å². The minimum absolute atomic E-state index is 0. The maximum absolute atomic E-state index is 13.0. The Hall–Kier alpha value is -2.34. The molecule has 1 saturated heterocycles. The second-order valence-electron chi connectivity index (χ2n) is 7.58. The number of aryl methyl sites for hydroxylation is 2. The predicted molar refractivity (Wildman–Crippen MR) is 127 cm³/mol. The topological polar surface area (TPSA) is 78.8 Å². The number of amides is 1. The second kappa shape index (κ2) is 10.8. The highest BCUT2D eigenvalue weighted by Crippen LogP contribution is 2.42. The Morgan fingerprint density at radius 3 is 2.61 bits per heavy atom. The summed E-state index contributed by atoms with van der Waals surface area (Å²) < 4.78 is 5.49. The van der Waals surface area contributed by atoms with Gasteiger partial charge in [-0.1, -0.05) is 0 Å². The summed E-state index contributed by atoms with van der Waals surface area (Å²) in [4.78, 5) is 33.9. The molecule has 0 aliphatic carbocycles. The van der Waals surface area contributed by atoms with E-state index in [1.54, 1.807) is 0 Å². The molecule has 1 fully saturated rings. The number of pyridine rings is 1. The molecule has 1 amide bonds. The zero-order valence-corrected chi connectivity index (χ0v) is 20.0. The summed E-state index contributed by atoms with van der Waals surface area (Å²) in [6, 6.07) is 2.23. The van der Waals surface area contributed by atoms with Gasteiger partial charge >= 0.3 is 0 Å². The van der Waals surface area contributed by atoms with E-state index < -0.39 is 0 Å². The molecule has 0 saturated carbocycles. The van der Waals surface area contributed by atoms with Gasteiger partial charge in [-0.2, -0.15) is 0 Å². The van der Waals surface area contributed by atoms with Gasteiger partial charge in [0.2, 0.25) is 5.91 Å². The van der Waals surface area contributed by atoms with Crippen molar-refractivity contribution in [3.63, 3.8) is 0 Å². The number of hydrogen-bond donors (Lipinski definition) is 2. The molecule has 0 bridgehead atoms. The van der Waals surface area contributed by atoms with Crippen LogP contribution in [0.2, 0.25) is 0 Å². The van der Waals surface area contributed by atoms with Crippen LogP contribution in [-0.4, -0.2) is 36.7 Å². The minimum atomic E-state index is -0.316. The van der Waals surface area contributed by atoms with E-state index in [2.05, 4.69) is 27.0 Å². The number of anilines is 1. The summed E-state index contributed by atoms with van der Waals surface area (Å²) in [5.41, 5.74) is 3.19. The van der Waals surface area contributed by atoms with Gasteiger partial charge in [0.1, 0.15) is 0 Å². The summed E-state index contributed by atoms with van der Waals surface area (Å²) in [6.07, 6.45) is 1.88. The van der Waals surface area contributed by atoms with E-state index in [4.69, 9.17) is 11.3 Å². The van der Waals surface area contributed by atoms with Gasteiger partial charge in [-0.15, -0.1) is 23.7 Å². The summed E-state index contributed by atoms with van der Waals surface area (Å²) >= 11 is 1.37. The number of thiophene rings is 1. The molecule has 0 aromatic carbocycles. The van der Waals surface area contributed by atoms with Crippen LogP contribution in [-0.2, 0) is 11.3 Å². The Kier molecular flexibility index (Phi) is 8.69. The van der Waals surface area contributed by atoms with Gasteiger partial charge < -0.3 is 19.9 Å². The van der Waals surface area contributed by atoms with Gasteiger partial charge in [0.15, 0.2) is 0 Å². The van der Waals surface area contributed by atoms with Gasteiger partial charge in [-0.25, -0.2) is 4.85 Å². The fourth-order valence-electron chi connectivity index (χ4n) is 4.03. The predicted octanol–water partition coefficient (Wildman–Crippen LogP) is 4.27. The zero-order chi connectivity index (χ0) is 21.8. The third kappa shape index (κ3) is 5.29. The Balaban J connectivity index is 0.00000341. The van der Waals surface area contributed by atoms with Crippen molar-refractivity contribution >= 4 is 39.7 Å². The van der Waals surface area contributed by atoms with Gasteiger partial charge in [0.05, 0.1) is 17.1 Å². The van der Waals surface area contributed by atoms with Gasteiger partial charge in [0, 0.05) is 43.6 Å². The Morgan fingerprint density at radius 2 is 2.03 bits per heavy atom. The SMILES string of the molecule is Cl.[C-]#[N+]c1sc(N(CC)C2CCOCC2)c(C)c1C(=O)NCc1c(C)cc(C)[nH]c1=O. The van der Waals surface area contributed by atoms with Gasteiger partial charge in [-0.05, 0) is 57.7 Å². The molecule has 0 unspecified atom stereocenters. The molecule has 1 aliphatic heterocycles. The molecule has 7 nitrogen and oxygen atoms in total. The fraction of sp³-hybridized carbons (Fsp3) is 0.500. The standard InChI is InChI=1S/C22H28N4O3S.ClH/c1-6-26(16-7-9-29-10-8-16)22-15(4)18(21(23-5)30-22)20(28)24-12-17-13(2)11-14(3)25-19(17)27;/h11,16H,6-10,12H2,1-4H3,(H,24,28)(H,25,27);1H. The van der Waals surface area contributed by atoms with E-state index in [1.807, 2.05) is 26.8 Å². The van der Waals surface area contributed by atoms with E-state index in [0.29, 0.717) is 22.2 Å². The normalized spacial score (nSPS) is 13.9. The Morgan fingerprint density at radius 1 is 1.35 bits per heavy atom. The van der Waals surface area contributed by atoms with E-state index in [-0.39, 0.29) is 30.4 Å². The maximum atomic E-state index is 13.0. The van der Waals surface area contributed by atoms with Gasteiger partial charge in [-0.3, -0.25) is 9.59 Å². The molecule has 3 heterocycles. The minimum Gasteiger partial charge on any atom is -0.381 e. The number of ether oxygens (including phenoxy) is 1. The van der Waals surface area contributed by atoms with Crippen LogP contribution >= 0.6 is 23.7 Å². The third-order valence-corrected chi connectivity index (χ3v) is 6.81. The lowest BCUT2D eigenvalue weighted by atomic mass is 10.1. The smallest absolute Gasteiger partial charge is 0.255 e. The van der Waals surface area contributed by atoms with Crippen LogP contribution in [0.25, 0.3) is 4.85 Å². The molecule has 0 atom stereocenters. The summed E-state index contributed by atoms with van der Waals surface area (Å²) in [5, 5.41) is 4.21. The average Bonchev–Trinajstić information content (AvgIpc) is 3.05. The molecule has 0 spiro atoms. The van der Waals surface area contributed by atoms with E-state index >= 15 is 0 Å². The van der Waals surface area contributed by atoms with Gasteiger partial charge in [0.25, 0.3) is 10.6 Å². The average molecular weight is 465 g/mol. The highest BCUT2D eigenvalue weighted by molar-refractivity contribution is 7.20. The number of carbonyl (C=O) groups excluding carboxylic acids is 1. The quantitative estimate of drug-likeness (QED) is 0.626. The molecule has 1 aliphatic rings. The first kappa shape index (κ1) is 24.9. The number of rotatable bonds is 6. The third-order valence-electron chi connectivity index (χ3n) is 5.58. The molecule has 3 rings (SSSR count). The summed E-state index contributed by atoms with van der Waals surface area (Å²) in [5.74, 6) is -0.316. The molecular weight excluding hydrogens is 436 g/mol.